The Bertz CT molecular complexity index is 386. The minimum Gasteiger partial charge on any atom is -0.301 e. The van der Waals surface area contributed by atoms with Gasteiger partial charge in [0.2, 0.25) is 0 Å². The van der Waals surface area contributed by atoms with Gasteiger partial charge in [0.15, 0.2) is 0 Å². The molecule has 0 heterocycles. The summed E-state index contributed by atoms with van der Waals surface area (Å²) >= 11 is 0. The zero-order valence-electron chi connectivity index (χ0n) is 11.0. The van der Waals surface area contributed by atoms with Crippen molar-refractivity contribution in [2.75, 3.05) is 36.1 Å². The highest BCUT2D eigenvalue weighted by molar-refractivity contribution is 7.92. The van der Waals surface area contributed by atoms with Crippen molar-refractivity contribution in [3.05, 3.63) is 0 Å². The van der Waals surface area contributed by atoms with E-state index in [-0.39, 0.29) is 29.4 Å². The summed E-state index contributed by atoms with van der Waals surface area (Å²) in [5.74, 6) is 0.104. The average Bonchev–Trinajstić information content (AvgIpc) is 2.28. The molecule has 0 spiro atoms. The molecule has 2 atom stereocenters. The van der Waals surface area contributed by atoms with Gasteiger partial charge in [0, 0.05) is 0 Å². The minimum absolute atomic E-state index is 0.0506. The third kappa shape index (κ3) is 12.2. The first kappa shape index (κ1) is 19.7. The van der Waals surface area contributed by atoms with Crippen LogP contribution in [0.1, 0.15) is 19.3 Å². The first-order valence-electron chi connectivity index (χ1n) is 6.11. The van der Waals surface area contributed by atoms with Crippen LogP contribution in [0, 0.1) is 0 Å². The molecule has 0 aliphatic carbocycles. The number of nitrogens with one attached hydrogen (secondary N) is 2. The van der Waals surface area contributed by atoms with E-state index < -0.39 is 19.7 Å². The van der Waals surface area contributed by atoms with Gasteiger partial charge in [-0.05, 0) is 32.4 Å². The number of sulfone groups is 2. The van der Waals surface area contributed by atoms with Crippen LogP contribution in [0.4, 0.5) is 0 Å². The van der Waals surface area contributed by atoms with Crippen LogP contribution in [0.5, 0.6) is 0 Å². The van der Waals surface area contributed by atoms with Gasteiger partial charge in [-0.1, -0.05) is 18.8 Å². The summed E-state index contributed by atoms with van der Waals surface area (Å²) in [6, 6.07) is 0. The fourth-order valence-electron chi connectivity index (χ4n) is 1.49. The lowest BCUT2D eigenvalue weighted by Crippen LogP contribution is -2.19. The Hall–Kier alpha value is 0.680. The van der Waals surface area contributed by atoms with E-state index in [2.05, 4.69) is 29.0 Å². The van der Waals surface area contributed by atoms with Gasteiger partial charge in [-0.25, -0.2) is 16.8 Å². The lowest BCUT2D eigenvalue weighted by atomic mass is 10.5. The monoisotopic (exact) mass is 350 g/mol. The second kappa shape index (κ2) is 10.4. The van der Waals surface area contributed by atoms with Crippen LogP contribution in [0.3, 0.4) is 0 Å². The molecule has 0 amide bonds. The Morgan fingerprint density at radius 3 is 1.26 bits per heavy atom. The van der Waals surface area contributed by atoms with E-state index in [1.165, 1.54) is 0 Å². The largest absolute Gasteiger partial charge is 0.301 e. The van der Waals surface area contributed by atoms with Crippen LogP contribution in [-0.2, 0) is 19.7 Å². The zero-order valence-corrected chi connectivity index (χ0v) is 14.9. The molecule has 19 heavy (non-hydrogen) atoms. The van der Waals surface area contributed by atoms with Gasteiger partial charge in [-0.3, -0.25) is 0 Å². The maximum absolute atomic E-state index is 11.6. The van der Waals surface area contributed by atoms with Gasteiger partial charge in [-0.15, -0.1) is 0 Å². The van der Waals surface area contributed by atoms with Gasteiger partial charge >= 0.3 is 0 Å². The molecule has 0 aromatic carbocycles. The molecule has 0 radical (unpaired) electrons. The highest BCUT2D eigenvalue weighted by atomic mass is 32.2. The Balaban J connectivity index is 3.94. The molecule has 6 nitrogen and oxygen atoms in total. The standard InChI is InChI=1S/C9H24N2O4P2S2/c12-18(13,6-1-4-10-16)8-3-9-19(14,15)7-2-5-11-17/h10-11H,1-9,16-17H2. The molecule has 0 fully saturated rings. The molecule has 116 valence electrons. The summed E-state index contributed by atoms with van der Waals surface area (Å²) in [5, 5.41) is 5.60. The van der Waals surface area contributed by atoms with Gasteiger partial charge in [0.05, 0.1) is 23.0 Å². The highest BCUT2D eigenvalue weighted by Gasteiger charge is 2.14. The van der Waals surface area contributed by atoms with Gasteiger partial charge < -0.3 is 10.2 Å². The van der Waals surface area contributed by atoms with E-state index in [0.717, 1.165) is 0 Å². The first-order chi connectivity index (χ1) is 8.83. The summed E-state index contributed by atoms with van der Waals surface area (Å²) in [4.78, 5) is 0. The lowest BCUT2D eigenvalue weighted by molar-refractivity contribution is 0.587. The molecule has 0 bridgehead atoms. The van der Waals surface area contributed by atoms with E-state index in [1.54, 1.807) is 0 Å². The van der Waals surface area contributed by atoms with Crippen molar-refractivity contribution >= 4 is 38.5 Å². The maximum atomic E-state index is 11.6. The molecule has 2 N–H and O–H groups in total. The molecule has 10 heteroatoms. The Morgan fingerprint density at radius 1 is 0.632 bits per heavy atom. The van der Waals surface area contributed by atoms with Crippen LogP contribution in [0.25, 0.3) is 0 Å². The fourth-order valence-corrected chi connectivity index (χ4v) is 4.83. The van der Waals surface area contributed by atoms with Crippen molar-refractivity contribution in [2.24, 2.45) is 0 Å². The summed E-state index contributed by atoms with van der Waals surface area (Å²) in [7, 11) is -1.64. The fraction of sp³-hybridized carbons (Fsp3) is 1.00. The summed E-state index contributed by atoms with van der Waals surface area (Å²) in [5.41, 5.74) is 0. The van der Waals surface area contributed by atoms with Crippen LogP contribution >= 0.6 is 18.8 Å². The second-order valence-corrected chi connectivity index (χ2v) is 9.70. The van der Waals surface area contributed by atoms with Crippen LogP contribution in [0.2, 0.25) is 0 Å². The zero-order chi connectivity index (χ0) is 14.8. The topological polar surface area (TPSA) is 92.3 Å². The normalized spacial score (nSPS) is 12.7. The van der Waals surface area contributed by atoms with E-state index in [0.29, 0.717) is 25.9 Å². The first-order valence-corrected chi connectivity index (χ1v) is 10.9. The van der Waals surface area contributed by atoms with Crippen LogP contribution in [0.15, 0.2) is 0 Å². The smallest absolute Gasteiger partial charge is 0.150 e. The van der Waals surface area contributed by atoms with E-state index in [4.69, 9.17) is 0 Å². The van der Waals surface area contributed by atoms with E-state index in [1.807, 2.05) is 0 Å². The molecule has 0 rings (SSSR count). The molecule has 0 aromatic heterocycles. The van der Waals surface area contributed by atoms with Crippen molar-refractivity contribution in [3.8, 4) is 0 Å². The van der Waals surface area contributed by atoms with Gasteiger partial charge in [-0.2, -0.15) is 0 Å². The average molecular weight is 350 g/mol. The predicted molar refractivity (Wildman–Crippen MR) is 86.6 cm³/mol. The molecule has 0 saturated carbocycles. The number of rotatable bonds is 12. The highest BCUT2D eigenvalue weighted by Crippen LogP contribution is 2.02. The molecule has 2 unspecified atom stereocenters. The minimum atomic E-state index is -3.13. The Labute approximate surface area is 121 Å². The molecular formula is C9H24N2O4P2S2. The predicted octanol–water partition coefficient (Wildman–Crippen LogP) is -0.254. The number of hydrogen-bond acceptors (Lipinski definition) is 6. The summed E-state index contributed by atoms with van der Waals surface area (Å²) in [6.07, 6.45) is 1.27. The SMILES string of the molecule is O=S(=O)(CCCNP)CCCS(=O)(=O)CCCNP. The quantitative estimate of drug-likeness (QED) is 0.372. The molecule has 0 aliphatic rings. The summed E-state index contributed by atoms with van der Waals surface area (Å²) in [6.45, 7) is 1.23. The lowest BCUT2D eigenvalue weighted by Gasteiger charge is -2.06. The van der Waals surface area contributed by atoms with Gasteiger partial charge in [0.25, 0.3) is 0 Å². The third-order valence-corrected chi connectivity index (χ3v) is 6.68. The Kier molecular flexibility index (Phi) is 10.8. The van der Waals surface area contributed by atoms with Crippen molar-refractivity contribution in [2.45, 2.75) is 19.3 Å². The van der Waals surface area contributed by atoms with Crippen molar-refractivity contribution in [1.29, 1.82) is 0 Å². The molecule has 0 saturated heterocycles. The Morgan fingerprint density at radius 2 is 0.947 bits per heavy atom. The van der Waals surface area contributed by atoms with Crippen molar-refractivity contribution in [1.82, 2.24) is 10.2 Å². The maximum Gasteiger partial charge on any atom is 0.150 e. The molecule has 0 aliphatic heterocycles. The van der Waals surface area contributed by atoms with Crippen molar-refractivity contribution < 1.29 is 16.8 Å². The number of hydrogen-bond donors (Lipinski definition) is 2. The van der Waals surface area contributed by atoms with Crippen LogP contribution in [-0.4, -0.2) is 52.9 Å². The van der Waals surface area contributed by atoms with E-state index in [9.17, 15) is 16.8 Å². The molecular weight excluding hydrogens is 326 g/mol. The summed E-state index contributed by atoms with van der Waals surface area (Å²) < 4.78 is 46.4. The molecule has 0 aromatic rings. The van der Waals surface area contributed by atoms with Crippen LogP contribution < -0.4 is 10.2 Å². The second-order valence-electron chi connectivity index (χ2n) is 4.27. The van der Waals surface area contributed by atoms with Crippen molar-refractivity contribution in [3.63, 3.8) is 0 Å². The third-order valence-electron chi connectivity index (χ3n) is 2.46. The van der Waals surface area contributed by atoms with E-state index >= 15 is 0 Å². The van der Waals surface area contributed by atoms with Gasteiger partial charge in [0.1, 0.15) is 19.7 Å².